The summed E-state index contributed by atoms with van der Waals surface area (Å²) in [5.41, 5.74) is 2.96. The van der Waals surface area contributed by atoms with Crippen LogP contribution in [0.25, 0.3) is 0 Å². The first kappa shape index (κ1) is 18.8. The number of hydrogen-bond donors (Lipinski definition) is 1. The van der Waals surface area contributed by atoms with Gasteiger partial charge < -0.3 is 14.7 Å². The van der Waals surface area contributed by atoms with Crippen molar-refractivity contribution in [3.05, 3.63) is 47.0 Å². The second-order valence-corrected chi connectivity index (χ2v) is 8.39. The average molecular weight is 398 g/mol. The van der Waals surface area contributed by atoms with E-state index in [0.29, 0.717) is 30.4 Å². The Balaban J connectivity index is 1.39. The van der Waals surface area contributed by atoms with Crippen molar-refractivity contribution in [3.8, 4) is 5.75 Å². The molecule has 3 unspecified atom stereocenters. The summed E-state index contributed by atoms with van der Waals surface area (Å²) in [6.45, 7) is 2.06. The number of rotatable bonds is 4. The van der Waals surface area contributed by atoms with Crippen molar-refractivity contribution >= 4 is 5.95 Å². The largest absolute Gasteiger partial charge is 0.497 e. The van der Waals surface area contributed by atoms with E-state index in [-0.39, 0.29) is 18.0 Å². The summed E-state index contributed by atoms with van der Waals surface area (Å²) in [6, 6.07) is 5.54. The number of aliphatic hydroxyl groups is 1. The van der Waals surface area contributed by atoms with Crippen molar-refractivity contribution in [2.24, 2.45) is 0 Å². The number of aromatic nitrogens is 2. The second kappa shape index (κ2) is 7.54. The summed E-state index contributed by atoms with van der Waals surface area (Å²) in [7, 11) is 1.61. The third-order valence-corrected chi connectivity index (χ3v) is 6.60. The van der Waals surface area contributed by atoms with E-state index in [1.54, 1.807) is 19.2 Å². The number of nitrogens with zero attached hydrogens (tertiary/aromatic N) is 4. The number of β-amino-alcohol motifs (C(OH)–C–C–N with tert-alkyl or cyclic N) is 1. The summed E-state index contributed by atoms with van der Waals surface area (Å²) in [5, 5.41) is 9.96. The van der Waals surface area contributed by atoms with Gasteiger partial charge in [-0.1, -0.05) is 0 Å². The van der Waals surface area contributed by atoms with Gasteiger partial charge in [-0.05, 0) is 43.9 Å². The summed E-state index contributed by atoms with van der Waals surface area (Å²) >= 11 is 0. The predicted octanol–water partition coefficient (Wildman–Crippen LogP) is 2.85. The van der Waals surface area contributed by atoms with Gasteiger partial charge in [0.15, 0.2) is 0 Å². The van der Waals surface area contributed by atoms with Gasteiger partial charge in [-0.2, -0.15) is 0 Å². The maximum Gasteiger partial charge on any atom is 0.225 e. The number of ether oxygens (including phenoxy) is 1. The molecule has 0 radical (unpaired) electrons. The lowest BCUT2D eigenvalue weighted by Gasteiger charge is -2.36. The number of fused-ring (bicyclic) bond motifs is 4. The Hall–Kier alpha value is -2.25. The van der Waals surface area contributed by atoms with E-state index in [1.165, 1.54) is 11.6 Å². The summed E-state index contributed by atoms with van der Waals surface area (Å²) in [6.07, 6.45) is 6.48. The molecule has 3 aliphatic heterocycles. The monoisotopic (exact) mass is 398 g/mol. The fourth-order valence-corrected chi connectivity index (χ4v) is 5.09. The Morgan fingerprint density at radius 3 is 3.00 bits per heavy atom. The molecule has 29 heavy (non-hydrogen) atoms. The molecule has 5 rings (SSSR count). The van der Waals surface area contributed by atoms with Gasteiger partial charge in [0.1, 0.15) is 11.6 Å². The van der Waals surface area contributed by atoms with E-state index in [2.05, 4.69) is 14.8 Å². The van der Waals surface area contributed by atoms with Crippen LogP contribution in [0.2, 0.25) is 0 Å². The van der Waals surface area contributed by atoms with E-state index in [9.17, 15) is 9.50 Å². The fraction of sp³-hybridized carbons (Fsp3) is 0.545. The van der Waals surface area contributed by atoms with Crippen molar-refractivity contribution in [2.75, 3.05) is 25.1 Å². The molecule has 1 aromatic carbocycles. The van der Waals surface area contributed by atoms with Gasteiger partial charge in [-0.15, -0.1) is 0 Å². The molecular formula is C22H27FN4O2. The molecule has 1 N–H and O–H groups in total. The lowest BCUT2D eigenvalue weighted by atomic mass is 9.98. The number of benzene rings is 1. The van der Waals surface area contributed by atoms with Crippen LogP contribution in [0, 0.1) is 5.82 Å². The summed E-state index contributed by atoms with van der Waals surface area (Å²) in [5.74, 6) is 1.23. The van der Waals surface area contributed by atoms with E-state index >= 15 is 0 Å². The first-order valence-corrected chi connectivity index (χ1v) is 10.5. The standard InChI is InChI=1S/C22H27FN4O2/c1-29-17-5-6-19(23)14(9-17)12-27-15-4-7-21(27)18-11-24-22(25-20(18)10-15)26-8-2-3-16(28)13-26/h5-6,9,11,15-16,21,28H,2-4,7-8,10,12-13H2,1H3. The molecule has 1 aromatic heterocycles. The van der Waals surface area contributed by atoms with Crippen LogP contribution in [0.15, 0.2) is 24.4 Å². The number of aliphatic hydroxyl groups excluding tert-OH is 1. The quantitative estimate of drug-likeness (QED) is 0.855. The molecule has 6 nitrogen and oxygen atoms in total. The Bertz CT molecular complexity index is 908. The lowest BCUT2D eigenvalue weighted by molar-refractivity contribution is 0.153. The van der Waals surface area contributed by atoms with Gasteiger partial charge in [0.05, 0.1) is 18.9 Å². The number of anilines is 1. The first-order chi connectivity index (χ1) is 14.1. The first-order valence-electron chi connectivity index (χ1n) is 10.5. The van der Waals surface area contributed by atoms with Gasteiger partial charge in [-0.3, -0.25) is 4.90 Å². The molecule has 2 saturated heterocycles. The minimum absolute atomic E-state index is 0.189. The molecule has 3 aliphatic rings. The zero-order chi connectivity index (χ0) is 20.0. The lowest BCUT2D eigenvalue weighted by Crippen LogP contribution is -2.41. The van der Waals surface area contributed by atoms with E-state index < -0.39 is 0 Å². The highest BCUT2D eigenvalue weighted by molar-refractivity contribution is 5.38. The molecule has 2 bridgehead atoms. The zero-order valence-electron chi connectivity index (χ0n) is 16.7. The summed E-state index contributed by atoms with van der Waals surface area (Å²) < 4.78 is 19.7. The minimum Gasteiger partial charge on any atom is -0.497 e. The van der Waals surface area contributed by atoms with Crippen LogP contribution in [-0.2, 0) is 13.0 Å². The third kappa shape index (κ3) is 3.46. The maximum absolute atomic E-state index is 14.4. The fourth-order valence-electron chi connectivity index (χ4n) is 5.09. The molecule has 0 spiro atoms. The second-order valence-electron chi connectivity index (χ2n) is 8.39. The molecule has 2 fully saturated rings. The molecule has 0 saturated carbocycles. The molecule has 2 aromatic rings. The highest BCUT2D eigenvalue weighted by Crippen LogP contribution is 2.44. The molecule has 154 valence electrons. The average Bonchev–Trinajstić information content (AvgIpc) is 3.01. The Morgan fingerprint density at radius 1 is 1.28 bits per heavy atom. The Morgan fingerprint density at radius 2 is 2.17 bits per heavy atom. The molecule has 7 heteroatoms. The third-order valence-electron chi connectivity index (χ3n) is 6.60. The molecule has 4 heterocycles. The molecule has 0 amide bonds. The van der Waals surface area contributed by atoms with E-state index in [4.69, 9.17) is 9.72 Å². The van der Waals surface area contributed by atoms with Crippen LogP contribution in [0.3, 0.4) is 0 Å². The number of piperidine rings is 1. The van der Waals surface area contributed by atoms with E-state index in [0.717, 1.165) is 50.3 Å². The summed E-state index contributed by atoms with van der Waals surface area (Å²) in [4.78, 5) is 14.0. The normalized spacial score (nSPS) is 26.4. The maximum atomic E-state index is 14.4. The van der Waals surface area contributed by atoms with Gasteiger partial charge >= 0.3 is 0 Å². The predicted molar refractivity (Wildman–Crippen MR) is 107 cm³/mol. The molecule has 3 atom stereocenters. The van der Waals surface area contributed by atoms with E-state index in [1.807, 2.05) is 6.20 Å². The van der Waals surface area contributed by atoms with Gasteiger partial charge in [-0.25, -0.2) is 14.4 Å². The van der Waals surface area contributed by atoms with Gasteiger partial charge in [0.2, 0.25) is 5.95 Å². The molecular weight excluding hydrogens is 371 g/mol. The topological polar surface area (TPSA) is 61.7 Å². The number of hydrogen-bond acceptors (Lipinski definition) is 6. The van der Waals surface area contributed by atoms with Crippen LogP contribution in [0.1, 0.15) is 48.5 Å². The number of methoxy groups -OCH3 is 1. The van der Waals surface area contributed by atoms with Crippen molar-refractivity contribution in [3.63, 3.8) is 0 Å². The Labute approximate surface area is 170 Å². The van der Waals surface area contributed by atoms with Crippen LogP contribution >= 0.6 is 0 Å². The van der Waals surface area contributed by atoms with Gasteiger partial charge in [0.25, 0.3) is 0 Å². The van der Waals surface area contributed by atoms with Crippen molar-refractivity contribution in [1.82, 2.24) is 14.9 Å². The minimum atomic E-state index is -0.298. The highest BCUT2D eigenvalue weighted by Gasteiger charge is 2.41. The highest BCUT2D eigenvalue weighted by atomic mass is 19.1. The van der Waals surface area contributed by atoms with Gasteiger partial charge in [0, 0.05) is 55.5 Å². The van der Waals surface area contributed by atoms with Crippen LogP contribution in [0.4, 0.5) is 10.3 Å². The smallest absolute Gasteiger partial charge is 0.225 e. The van der Waals surface area contributed by atoms with Crippen LogP contribution in [-0.4, -0.2) is 52.3 Å². The van der Waals surface area contributed by atoms with Crippen molar-refractivity contribution in [2.45, 2.75) is 56.8 Å². The zero-order valence-corrected chi connectivity index (χ0v) is 16.7. The SMILES string of the molecule is COc1ccc(F)c(CN2C3CCC2c2cnc(N4CCCC(O)C4)nc2C3)c1. The van der Waals surface area contributed by atoms with Crippen molar-refractivity contribution < 1.29 is 14.2 Å². The Kier molecular flexibility index (Phi) is 4.87. The number of halogens is 1. The molecule has 0 aliphatic carbocycles. The van der Waals surface area contributed by atoms with Crippen molar-refractivity contribution in [1.29, 1.82) is 0 Å². The van der Waals surface area contributed by atoms with Crippen LogP contribution < -0.4 is 9.64 Å². The van der Waals surface area contributed by atoms with Crippen LogP contribution in [0.5, 0.6) is 5.75 Å².